The molecule has 0 amide bonds. The Morgan fingerprint density at radius 1 is 0.880 bits per heavy atom. The lowest BCUT2D eigenvalue weighted by Gasteiger charge is -2.12. The average Bonchev–Trinajstić information content (AvgIpc) is 2.90. The summed E-state index contributed by atoms with van der Waals surface area (Å²) < 4.78 is 2.35. The Morgan fingerprint density at radius 3 is 2.20 bits per heavy atom. The lowest BCUT2D eigenvalue weighted by Crippen LogP contribution is -2.13. The van der Waals surface area contributed by atoms with Crippen LogP contribution in [0, 0.1) is 13.8 Å². The summed E-state index contributed by atoms with van der Waals surface area (Å²) in [7, 11) is 0. The number of hydrogen-bond donors (Lipinski definition) is 1. The van der Waals surface area contributed by atoms with Gasteiger partial charge < -0.3 is 9.88 Å². The predicted octanol–water partition coefficient (Wildman–Crippen LogP) is 5.51. The Bertz CT molecular complexity index is 811. The van der Waals surface area contributed by atoms with Gasteiger partial charge in [-0.1, -0.05) is 56.3 Å². The highest BCUT2D eigenvalue weighted by molar-refractivity contribution is 5.42. The summed E-state index contributed by atoms with van der Waals surface area (Å²) in [5.41, 5.74) is 7.91. The van der Waals surface area contributed by atoms with Crippen LogP contribution in [-0.2, 0) is 13.1 Å². The van der Waals surface area contributed by atoms with E-state index >= 15 is 0 Å². The first-order valence-electron chi connectivity index (χ1n) is 9.09. The predicted molar refractivity (Wildman–Crippen MR) is 106 cm³/mol. The van der Waals surface area contributed by atoms with Gasteiger partial charge in [-0.05, 0) is 54.7 Å². The van der Waals surface area contributed by atoms with Gasteiger partial charge in [0.05, 0.1) is 0 Å². The van der Waals surface area contributed by atoms with Crippen LogP contribution >= 0.6 is 0 Å². The number of nitrogens with zero attached hydrogens (tertiary/aromatic N) is 1. The van der Waals surface area contributed by atoms with Crippen LogP contribution in [0.15, 0.2) is 60.7 Å². The van der Waals surface area contributed by atoms with Gasteiger partial charge in [0.1, 0.15) is 0 Å². The molecule has 0 bridgehead atoms. The first-order valence-corrected chi connectivity index (χ1v) is 9.09. The van der Waals surface area contributed by atoms with E-state index in [2.05, 4.69) is 98.2 Å². The third-order valence-corrected chi connectivity index (χ3v) is 4.84. The molecular formula is C23H28N2. The molecule has 2 heteroatoms. The maximum atomic E-state index is 3.56. The fourth-order valence-corrected chi connectivity index (χ4v) is 3.35. The van der Waals surface area contributed by atoms with Crippen LogP contribution in [0.3, 0.4) is 0 Å². The van der Waals surface area contributed by atoms with Crippen molar-refractivity contribution in [3.63, 3.8) is 0 Å². The Kier molecular flexibility index (Phi) is 5.40. The molecule has 2 aromatic carbocycles. The zero-order chi connectivity index (χ0) is 17.8. The van der Waals surface area contributed by atoms with Crippen LogP contribution < -0.4 is 5.32 Å². The normalized spacial score (nSPS) is 11.2. The number of benzene rings is 2. The molecule has 0 saturated heterocycles. The zero-order valence-corrected chi connectivity index (χ0v) is 15.7. The Hall–Kier alpha value is -2.32. The first-order chi connectivity index (χ1) is 12.1. The van der Waals surface area contributed by atoms with E-state index in [1.165, 1.54) is 33.8 Å². The Morgan fingerprint density at radius 2 is 1.56 bits per heavy atom. The van der Waals surface area contributed by atoms with Gasteiger partial charge in [-0.25, -0.2) is 0 Å². The van der Waals surface area contributed by atoms with E-state index < -0.39 is 0 Å². The highest BCUT2D eigenvalue weighted by Gasteiger charge is 2.11. The molecule has 3 rings (SSSR count). The second-order valence-electron chi connectivity index (χ2n) is 7.07. The largest absolute Gasteiger partial charge is 0.318 e. The third kappa shape index (κ3) is 4.02. The van der Waals surface area contributed by atoms with E-state index in [1.54, 1.807) is 0 Å². The summed E-state index contributed by atoms with van der Waals surface area (Å²) in [6.45, 7) is 10.6. The summed E-state index contributed by atoms with van der Waals surface area (Å²) >= 11 is 0. The van der Waals surface area contributed by atoms with Gasteiger partial charge in [0.2, 0.25) is 0 Å². The SMILES string of the molecule is Cc1cc(CNCc2ccccc2)c(C)n1-c1ccc(C(C)C)cc1. The molecule has 0 aliphatic heterocycles. The summed E-state index contributed by atoms with van der Waals surface area (Å²) in [6, 6.07) is 21.8. The minimum atomic E-state index is 0.568. The summed E-state index contributed by atoms with van der Waals surface area (Å²) in [5.74, 6) is 0.568. The Labute approximate surface area is 151 Å². The fraction of sp³-hybridized carbons (Fsp3) is 0.304. The van der Waals surface area contributed by atoms with Crippen molar-refractivity contribution in [2.45, 2.75) is 46.7 Å². The van der Waals surface area contributed by atoms with E-state index in [0.29, 0.717) is 5.92 Å². The molecule has 0 aliphatic carbocycles. The van der Waals surface area contributed by atoms with Gasteiger partial charge >= 0.3 is 0 Å². The molecule has 3 aromatic rings. The van der Waals surface area contributed by atoms with E-state index in [4.69, 9.17) is 0 Å². The van der Waals surface area contributed by atoms with Gasteiger partial charge in [0, 0.05) is 30.2 Å². The van der Waals surface area contributed by atoms with Crippen LogP contribution in [-0.4, -0.2) is 4.57 Å². The summed E-state index contributed by atoms with van der Waals surface area (Å²) in [4.78, 5) is 0. The standard InChI is InChI=1S/C23H28N2/c1-17(2)21-10-12-23(13-11-21)25-18(3)14-22(19(25)4)16-24-15-20-8-6-5-7-9-20/h5-14,17,24H,15-16H2,1-4H3. The second-order valence-corrected chi connectivity index (χ2v) is 7.07. The van der Waals surface area contributed by atoms with Gasteiger partial charge in [0.25, 0.3) is 0 Å². The fourth-order valence-electron chi connectivity index (χ4n) is 3.35. The van der Waals surface area contributed by atoms with Crippen molar-refractivity contribution in [2.24, 2.45) is 0 Å². The van der Waals surface area contributed by atoms with Crippen molar-refractivity contribution in [2.75, 3.05) is 0 Å². The molecule has 0 fully saturated rings. The molecule has 0 radical (unpaired) electrons. The highest BCUT2D eigenvalue weighted by Crippen LogP contribution is 2.23. The first kappa shape index (κ1) is 17.5. The quantitative estimate of drug-likeness (QED) is 0.630. The van der Waals surface area contributed by atoms with Gasteiger partial charge in [-0.15, -0.1) is 0 Å². The molecule has 130 valence electrons. The van der Waals surface area contributed by atoms with E-state index in [1.807, 2.05) is 0 Å². The second kappa shape index (κ2) is 7.71. The third-order valence-electron chi connectivity index (χ3n) is 4.84. The molecule has 25 heavy (non-hydrogen) atoms. The molecule has 0 saturated carbocycles. The number of hydrogen-bond acceptors (Lipinski definition) is 1. The molecule has 1 N–H and O–H groups in total. The number of aromatic nitrogens is 1. The van der Waals surface area contributed by atoms with Crippen molar-refractivity contribution >= 4 is 0 Å². The van der Waals surface area contributed by atoms with Gasteiger partial charge in [-0.3, -0.25) is 0 Å². The van der Waals surface area contributed by atoms with Crippen molar-refractivity contribution in [3.8, 4) is 5.69 Å². The number of rotatable bonds is 6. The lowest BCUT2D eigenvalue weighted by molar-refractivity contribution is 0.689. The van der Waals surface area contributed by atoms with E-state index in [0.717, 1.165) is 13.1 Å². The minimum Gasteiger partial charge on any atom is -0.318 e. The molecule has 0 unspecified atom stereocenters. The maximum absolute atomic E-state index is 3.56. The van der Waals surface area contributed by atoms with Crippen molar-refractivity contribution in [1.82, 2.24) is 9.88 Å². The molecular weight excluding hydrogens is 304 g/mol. The van der Waals surface area contributed by atoms with E-state index in [-0.39, 0.29) is 0 Å². The van der Waals surface area contributed by atoms with Crippen molar-refractivity contribution < 1.29 is 0 Å². The van der Waals surface area contributed by atoms with Gasteiger partial charge in [-0.2, -0.15) is 0 Å². The molecule has 0 aliphatic rings. The van der Waals surface area contributed by atoms with E-state index in [9.17, 15) is 0 Å². The molecule has 1 heterocycles. The monoisotopic (exact) mass is 332 g/mol. The summed E-state index contributed by atoms with van der Waals surface area (Å²) in [6.07, 6.45) is 0. The number of aryl methyl sites for hydroxylation is 1. The zero-order valence-electron chi connectivity index (χ0n) is 15.7. The molecule has 0 atom stereocenters. The minimum absolute atomic E-state index is 0.568. The maximum Gasteiger partial charge on any atom is 0.0455 e. The average molecular weight is 332 g/mol. The Balaban J connectivity index is 1.74. The lowest BCUT2D eigenvalue weighted by atomic mass is 10.0. The summed E-state index contributed by atoms with van der Waals surface area (Å²) in [5, 5.41) is 3.56. The number of nitrogens with one attached hydrogen (secondary N) is 1. The smallest absolute Gasteiger partial charge is 0.0455 e. The highest BCUT2D eigenvalue weighted by atomic mass is 15.0. The molecule has 2 nitrogen and oxygen atoms in total. The van der Waals surface area contributed by atoms with Crippen LogP contribution in [0.4, 0.5) is 0 Å². The van der Waals surface area contributed by atoms with Gasteiger partial charge in [0.15, 0.2) is 0 Å². The van der Waals surface area contributed by atoms with Crippen LogP contribution in [0.1, 0.15) is 47.8 Å². The topological polar surface area (TPSA) is 17.0 Å². The van der Waals surface area contributed by atoms with Crippen molar-refractivity contribution in [1.29, 1.82) is 0 Å². The van der Waals surface area contributed by atoms with Crippen LogP contribution in [0.25, 0.3) is 5.69 Å². The molecule has 0 spiro atoms. The van der Waals surface area contributed by atoms with Crippen molar-refractivity contribution in [3.05, 3.63) is 88.7 Å². The van der Waals surface area contributed by atoms with Crippen LogP contribution in [0.2, 0.25) is 0 Å². The van der Waals surface area contributed by atoms with Crippen LogP contribution in [0.5, 0.6) is 0 Å². The molecule has 1 aromatic heterocycles.